The molecule has 7 nitrogen and oxygen atoms in total. The van der Waals surface area contributed by atoms with Crippen molar-refractivity contribution in [2.45, 2.75) is 17.4 Å². The molecule has 9 heteroatoms. The van der Waals surface area contributed by atoms with Gasteiger partial charge in [0.2, 0.25) is 11.8 Å². The van der Waals surface area contributed by atoms with Crippen LogP contribution in [0.5, 0.6) is 0 Å². The average molecular weight is 393 g/mol. The normalized spacial score (nSPS) is 17.2. The van der Waals surface area contributed by atoms with E-state index >= 15 is 0 Å². The maximum absolute atomic E-state index is 12.4. The van der Waals surface area contributed by atoms with E-state index in [4.69, 9.17) is 9.15 Å². The molecule has 1 fully saturated rings. The molecule has 0 radical (unpaired) electrons. The van der Waals surface area contributed by atoms with E-state index in [0.717, 1.165) is 11.1 Å². The van der Waals surface area contributed by atoms with Gasteiger partial charge in [-0.1, -0.05) is 29.5 Å². The third-order valence-electron chi connectivity index (χ3n) is 3.87. The summed E-state index contributed by atoms with van der Waals surface area (Å²) in [6.07, 6.45) is 0. The summed E-state index contributed by atoms with van der Waals surface area (Å²) >= 11 is 2.72. The number of amides is 1. The lowest BCUT2D eigenvalue weighted by atomic mass is 10.1. The van der Waals surface area contributed by atoms with Gasteiger partial charge in [-0.05, 0) is 19.1 Å². The second-order valence-electron chi connectivity index (χ2n) is 5.75. The molecule has 0 saturated carbocycles. The van der Waals surface area contributed by atoms with E-state index in [1.807, 2.05) is 31.2 Å². The first-order valence-electron chi connectivity index (χ1n) is 8.07. The van der Waals surface area contributed by atoms with Crippen LogP contribution in [0.25, 0.3) is 11.5 Å². The summed E-state index contributed by atoms with van der Waals surface area (Å²) in [5.41, 5.74) is 1.96. The molecule has 2 heterocycles. The average Bonchev–Trinajstić information content (AvgIpc) is 3.14. The SMILES string of the molecule is COC(=O)[C@@H]1CN(C(=O)CSc2nnc(-c3cccc(C)c3)o2)CCS1. The Labute approximate surface area is 159 Å². The van der Waals surface area contributed by atoms with Crippen LogP contribution in [0.3, 0.4) is 0 Å². The predicted octanol–water partition coefficient (Wildman–Crippen LogP) is 2.25. The molecule has 1 saturated heterocycles. The van der Waals surface area contributed by atoms with Gasteiger partial charge in [0.15, 0.2) is 0 Å². The highest BCUT2D eigenvalue weighted by Gasteiger charge is 2.29. The first kappa shape index (κ1) is 18.8. The molecule has 1 aromatic carbocycles. The van der Waals surface area contributed by atoms with Crippen molar-refractivity contribution in [3.05, 3.63) is 29.8 Å². The predicted molar refractivity (Wildman–Crippen MR) is 100 cm³/mol. The summed E-state index contributed by atoms with van der Waals surface area (Å²) in [5, 5.41) is 8.06. The Bertz CT molecular complexity index is 796. The van der Waals surface area contributed by atoms with Gasteiger partial charge in [-0.2, -0.15) is 0 Å². The number of thioether (sulfide) groups is 2. The van der Waals surface area contributed by atoms with Crippen molar-refractivity contribution in [2.75, 3.05) is 31.7 Å². The van der Waals surface area contributed by atoms with Gasteiger partial charge in [-0.3, -0.25) is 9.59 Å². The van der Waals surface area contributed by atoms with Gasteiger partial charge in [-0.15, -0.1) is 22.0 Å². The number of hydrogen-bond donors (Lipinski definition) is 0. The number of benzene rings is 1. The van der Waals surface area contributed by atoms with E-state index in [1.54, 1.807) is 4.90 Å². The number of aryl methyl sites for hydroxylation is 1. The number of esters is 1. The number of ether oxygens (including phenoxy) is 1. The fraction of sp³-hybridized carbons (Fsp3) is 0.412. The minimum absolute atomic E-state index is 0.0560. The Morgan fingerprint density at radius 1 is 1.42 bits per heavy atom. The van der Waals surface area contributed by atoms with E-state index in [2.05, 4.69) is 10.2 Å². The zero-order valence-corrected chi connectivity index (χ0v) is 16.1. The molecule has 1 amide bonds. The number of aromatic nitrogens is 2. The van der Waals surface area contributed by atoms with Crippen molar-refractivity contribution < 1.29 is 18.7 Å². The maximum atomic E-state index is 12.4. The molecule has 0 aliphatic carbocycles. The Morgan fingerprint density at radius 2 is 2.27 bits per heavy atom. The summed E-state index contributed by atoms with van der Waals surface area (Å²) in [6, 6.07) is 7.79. The lowest BCUT2D eigenvalue weighted by Crippen LogP contribution is -2.45. The Morgan fingerprint density at radius 3 is 3.04 bits per heavy atom. The number of carbonyl (C=O) groups is 2. The minimum Gasteiger partial charge on any atom is -0.468 e. The molecule has 0 N–H and O–H groups in total. The first-order chi connectivity index (χ1) is 12.6. The van der Waals surface area contributed by atoms with E-state index in [0.29, 0.717) is 30.0 Å². The summed E-state index contributed by atoms with van der Waals surface area (Å²) in [4.78, 5) is 25.7. The third-order valence-corrected chi connectivity index (χ3v) is 5.84. The number of carbonyl (C=O) groups excluding carboxylic acids is 2. The molecular formula is C17H19N3O4S2. The monoisotopic (exact) mass is 393 g/mol. The van der Waals surface area contributed by atoms with Gasteiger partial charge < -0.3 is 14.1 Å². The van der Waals surface area contributed by atoms with Crippen molar-refractivity contribution in [3.63, 3.8) is 0 Å². The fourth-order valence-corrected chi connectivity index (χ4v) is 4.32. The van der Waals surface area contributed by atoms with Crippen molar-refractivity contribution in [2.24, 2.45) is 0 Å². The van der Waals surface area contributed by atoms with Crippen LogP contribution in [0.1, 0.15) is 5.56 Å². The molecule has 0 bridgehead atoms. The number of rotatable bonds is 5. The molecule has 26 heavy (non-hydrogen) atoms. The number of nitrogens with zero attached hydrogens (tertiary/aromatic N) is 3. The maximum Gasteiger partial charge on any atom is 0.320 e. The van der Waals surface area contributed by atoms with Gasteiger partial charge in [0.1, 0.15) is 5.25 Å². The zero-order valence-electron chi connectivity index (χ0n) is 14.5. The van der Waals surface area contributed by atoms with Gasteiger partial charge in [-0.25, -0.2) is 0 Å². The van der Waals surface area contributed by atoms with Crippen molar-refractivity contribution >= 4 is 35.4 Å². The van der Waals surface area contributed by atoms with Crippen LogP contribution >= 0.6 is 23.5 Å². The molecule has 2 aromatic rings. The molecule has 138 valence electrons. The molecule has 1 aliphatic rings. The second kappa shape index (κ2) is 8.59. The van der Waals surface area contributed by atoms with Gasteiger partial charge in [0.25, 0.3) is 5.22 Å². The summed E-state index contributed by atoms with van der Waals surface area (Å²) in [5.74, 6) is 0.991. The van der Waals surface area contributed by atoms with Crippen LogP contribution in [-0.4, -0.2) is 63.9 Å². The minimum atomic E-state index is -0.320. The highest BCUT2D eigenvalue weighted by Crippen LogP contribution is 2.25. The van der Waals surface area contributed by atoms with Crippen LogP contribution in [0.2, 0.25) is 0 Å². The first-order valence-corrected chi connectivity index (χ1v) is 10.1. The van der Waals surface area contributed by atoms with Crippen molar-refractivity contribution in [1.29, 1.82) is 0 Å². The topological polar surface area (TPSA) is 85.5 Å². The lowest BCUT2D eigenvalue weighted by Gasteiger charge is -2.30. The van der Waals surface area contributed by atoms with E-state index in [9.17, 15) is 9.59 Å². The smallest absolute Gasteiger partial charge is 0.320 e. The van der Waals surface area contributed by atoms with Crippen LogP contribution < -0.4 is 0 Å². The van der Waals surface area contributed by atoms with Crippen LogP contribution in [0.15, 0.2) is 33.9 Å². The molecule has 1 aliphatic heterocycles. The van der Waals surface area contributed by atoms with Gasteiger partial charge in [0.05, 0.1) is 12.9 Å². The van der Waals surface area contributed by atoms with E-state index < -0.39 is 0 Å². The molecule has 0 spiro atoms. The van der Waals surface area contributed by atoms with Crippen LogP contribution in [0.4, 0.5) is 0 Å². The highest BCUT2D eigenvalue weighted by atomic mass is 32.2. The second-order valence-corrected chi connectivity index (χ2v) is 7.99. The molecular weight excluding hydrogens is 374 g/mol. The summed E-state index contributed by atoms with van der Waals surface area (Å²) < 4.78 is 10.4. The highest BCUT2D eigenvalue weighted by molar-refractivity contribution is 8.00. The summed E-state index contributed by atoms with van der Waals surface area (Å²) in [7, 11) is 1.36. The Hall–Kier alpha value is -2.00. The fourth-order valence-electron chi connectivity index (χ4n) is 2.53. The molecule has 1 aromatic heterocycles. The number of hydrogen-bond acceptors (Lipinski definition) is 8. The molecule has 0 unspecified atom stereocenters. The molecule has 1 atom stereocenters. The van der Waals surface area contributed by atoms with Crippen LogP contribution in [-0.2, 0) is 14.3 Å². The van der Waals surface area contributed by atoms with Gasteiger partial charge >= 0.3 is 5.97 Å². The van der Waals surface area contributed by atoms with E-state index in [-0.39, 0.29) is 22.9 Å². The Kier molecular flexibility index (Phi) is 6.20. The number of methoxy groups -OCH3 is 1. The van der Waals surface area contributed by atoms with E-state index in [1.165, 1.54) is 30.6 Å². The third kappa shape index (κ3) is 4.59. The lowest BCUT2D eigenvalue weighted by molar-refractivity contribution is -0.141. The standard InChI is InChI=1S/C17H19N3O4S2/c1-11-4-3-5-12(8-11)15-18-19-17(24-15)26-10-14(21)20-6-7-25-13(9-20)16(22)23-2/h3-5,8,13H,6-7,9-10H2,1-2H3/t13-/m0/s1. The van der Waals surface area contributed by atoms with Gasteiger partial charge in [0, 0.05) is 24.4 Å². The zero-order chi connectivity index (χ0) is 18.5. The van der Waals surface area contributed by atoms with Crippen molar-refractivity contribution in [1.82, 2.24) is 15.1 Å². The van der Waals surface area contributed by atoms with Crippen molar-refractivity contribution in [3.8, 4) is 11.5 Å². The summed E-state index contributed by atoms with van der Waals surface area (Å²) in [6.45, 7) is 2.98. The quantitative estimate of drug-likeness (QED) is 0.565. The van der Waals surface area contributed by atoms with Crippen LogP contribution in [0, 0.1) is 6.92 Å². The Balaban J connectivity index is 1.56. The largest absolute Gasteiger partial charge is 0.468 e. The molecule has 3 rings (SSSR count).